The molecule has 2 aromatic carbocycles. The molecular weight excluding hydrogens is 262 g/mol. The van der Waals surface area contributed by atoms with Gasteiger partial charge >= 0.3 is 0 Å². The zero-order chi connectivity index (χ0) is 14.9. The minimum Gasteiger partial charge on any atom is -0.457 e. The van der Waals surface area contributed by atoms with Gasteiger partial charge in [-0.15, -0.1) is 0 Å². The molecule has 0 fully saturated rings. The average Bonchev–Trinajstić information content (AvgIpc) is 2.37. The van der Waals surface area contributed by atoms with Crippen LogP contribution in [0, 0.1) is 25.5 Å². The van der Waals surface area contributed by atoms with Gasteiger partial charge in [0.1, 0.15) is 23.1 Å². The van der Waals surface area contributed by atoms with E-state index >= 15 is 0 Å². The molecule has 0 aliphatic carbocycles. The first kappa shape index (κ1) is 14.5. The van der Waals surface area contributed by atoms with Crippen LogP contribution >= 0.6 is 0 Å². The lowest BCUT2D eigenvalue weighted by Crippen LogP contribution is -1.99. The van der Waals surface area contributed by atoms with E-state index in [0.717, 1.165) is 0 Å². The number of rotatable bonds is 3. The standard InChI is InChI=1S/C16H16F2O2/c1-9-4-5-12(7-14(9)17)20-16-6-10(2)15(18)8-13(16)11(3)19/h4-8,11,19H,1-3H3/t11-/m1/s1. The Morgan fingerprint density at radius 1 is 1.00 bits per heavy atom. The lowest BCUT2D eigenvalue weighted by Gasteiger charge is -2.15. The van der Waals surface area contributed by atoms with Gasteiger partial charge in [0.2, 0.25) is 0 Å². The minimum atomic E-state index is -0.879. The van der Waals surface area contributed by atoms with Gasteiger partial charge < -0.3 is 9.84 Å². The second-order valence-electron chi connectivity index (χ2n) is 4.83. The summed E-state index contributed by atoms with van der Waals surface area (Å²) in [6.07, 6.45) is -0.879. The summed E-state index contributed by atoms with van der Waals surface area (Å²) in [6.45, 7) is 4.78. The molecule has 0 aliphatic heterocycles. The van der Waals surface area contributed by atoms with Crippen molar-refractivity contribution in [3.8, 4) is 11.5 Å². The summed E-state index contributed by atoms with van der Waals surface area (Å²) in [7, 11) is 0. The number of aliphatic hydroxyl groups is 1. The molecule has 0 aliphatic rings. The van der Waals surface area contributed by atoms with Crippen molar-refractivity contribution < 1.29 is 18.6 Å². The maximum atomic E-state index is 13.5. The summed E-state index contributed by atoms with van der Waals surface area (Å²) in [5, 5.41) is 9.68. The van der Waals surface area contributed by atoms with E-state index in [0.29, 0.717) is 28.2 Å². The van der Waals surface area contributed by atoms with Crippen LogP contribution in [0.1, 0.15) is 29.7 Å². The van der Waals surface area contributed by atoms with Crippen molar-refractivity contribution in [2.75, 3.05) is 0 Å². The highest BCUT2D eigenvalue weighted by Crippen LogP contribution is 2.32. The van der Waals surface area contributed by atoms with Crippen molar-refractivity contribution in [1.82, 2.24) is 0 Å². The third-order valence-electron chi connectivity index (χ3n) is 3.11. The van der Waals surface area contributed by atoms with E-state index in [9.17, 15) is 13.9 Å². The molecule has 0 aromatic heterocycles. The second-order valence-corrected chi connectivity index (χ2v) is 4.83. The summed E-state index contributed by atoms with van der Waals surface area (Å²) in [5.74, 6) is -0.161. The highest BCUT2D eigenvalue weighted by Gasteiger charge is 2.14. The number of benzene rings is 2. The predicted octanol–water partition coefficient (Wildman–Crippen LogP) is 4.43. The molecule has 2 rings (SSSR count). The van der Waals surface area contributed by atoms with E-state index in [4.69, 9.17) is 4.74 Å². The largest absolute Gasteiger partial charge is 0.457 e. The van der Waals surface area contributed by atoms with Crippen LogP contribution in [0.2, 0.25) is 0 Å². The molecule has 0 amide bonds. The van der Waals surface area contributed by atoms with Gasteiger partial charge in [-0.1, -0.05) is 6.07 Å². The van der Waals surface area contributed by atoms with Crippen molar-refractivity contribution >= 4 is 0 Å². The van der Waals surface area contributed by atoms with Gasteiger partial charge in [0.05, 0.1) is 6.10 Å². The molecule has 2 nitrogen and oxygen atoms in total. The molecule has 0 unspecified atom stereocenters. The number of hydrogen-bond acceptors (Lipinski definition) is 2. The van der Waals surface area contributed by atoms with Crippen LogP contribution in [0.5, 0.6) is 11.5 Å². The number of aryl methyl sites for hydroxylation is 2. The fourth-order valence-electron chi connectivity index (χ4n) is 1.85. The van der Waals surface area contributed by atoms with Crippen LogP contribution in [0.15, 0.2) is 30.3 Å². The van der Waals surface area contributed by atoms with Gasteiger partial charge in [0.25, 0.3) is 0 Å². The topological polar surface area (TPSA) is 29.5 Å². The lowest BCUT2D eigenvalue weighted by atomic mass is 10.1. The van der Waals surface area contributed by atoms with Crippen LogP contribution in [0.4, 0.5) is 8.78 Å². The smallest absolute Gasteiger partial charge is 0.133 e. The van der Waals surface area contributed by atoms with Crippen molar-refractivity contribution in [3.63, 3.8) is 0 Å². The summed E-state index contributed by atoms with van der Waals surface area (Å²) < 4.78 is 32.6. The molecular formula is C16H16F2O2. The van der Waals surface area contributed by atoms with E-state index in [2.05, 4.69) is 0 Å². The van der Waals surface area contributed by atoms with Gasteiger partial charge in [-0.2, -0.15) is 0 Å². The van der Waals surface area contributed by atoms with E-state index in [-0.39, 0.29) is 5.82 Å². The van der Waals surface area contributed by atoms with Gasteiger partial charge in [-0.3, -0.25) is 0 Å². The summed E-state index contributed by atoms with van der Waals surface area (Å²) in [5.41, 5.74) is 1.24. The zero-order valence-corrected chi connectivity index (χ0v) is 11.6. The molecule has 0 heterocycles. The molecule has 0 radical (unpaired) electrons. The van der Waals surface area contributed by atoms with Gasteiger partial charge in [0.15, 0.2) is 0 Å². The Morgan fingerprint density at radius 3 is 2.25 bits per heavy atom. The van der Waals surface area contributed by atoms with Crippen molar-refractivity contribution in [2.24, 2.45) is 0 Å². The summed E-state index contributed by atoms with van der Waals surface area (Å²) in [6, 6.07) is 7.22. The zero-order valence-electron chi connectivity index (χ0n) is 11.6. The Labute approximate surface area is 116 Å². The van der Waals surface area contributed by atoms with Crippen LogP contribution in [0.3, 0.4) is 0 Å². The first-order chi connectivity index (χ1) is 9.38. The third kappa shape index (κ3) is 2.96. The Balaban J connectivity index is 2.41. The summed E-state index contributed by atoms with van der Waals surface area (Å²) in [4.78, 5) is 0. The highest BCUT2D eigenvalue weighted by molar-refractivity contribution is 5.42. The van der Waals surface area contributed by atoms with Crippen LogP contribution in [-0.4, -0.2) is 5.11 Å². The Hall–Kier alpha value is -1.94. The van der Waals surface area contributed by atoms with Gasteiger partial charge in [-0.25, -0.2) is 8.78 Å². The van der Waals surface area contributed by atoms with E-state index in [1.165, 1.54) is 25.1 Å². The maximum absolute atomic E-state index is 13.5. The first-order valence-electron chi connectivity index (χ1n) is 6.30. The molecule has 106 valence electrons. The monoisotopic (exact) mass is 278 g/mol. The van der Waals surface area contributed by atoms with Crippen LogP contribution < -0.4 is 4.74 Å². The Bertz CT molecular complexity index is 637. The van der Waals surface area contributed by atoms with Crippen molar-refractivity contribution in [2.45, 2.75) is 26.9 Å². The summed E-state index contributed by atoms with van der Waals surface area (Å²) >= 11 is 0. The minimum absolute atomic E-state index is 0.306. The first-order valence-corrected chi connectivity index (χ1v) is 6.30. The van der Waals surface area contributed by atoms with Crippen LogP contribution in [0.25, 0.3) is 0 Å². The van der Waals surface area contributed by atoms with E-state index in [1.807, 2.05) is 0 Å². The predicted molar refractivity (Wildman–Crippen MR) is 73.0 cm³/mol. The molecule has 20 heavy (non-hydrogen) atoms. The van der Waals surface area contributed by atoms with Crippen molar-refractivity contribution in [1.29, 1.82) is 0 Å². The molecule has 0 spiro atoms. The van der Waals surface area contributed by atoms with Gasteiger partial charge in [0, 0.05) is 11.6 Å². The third-order valence-corrected chi connectivity index (χ3v) is 3.11. The Morgan fingerprint density at radius 2 is 1.65 bits per heavy atom. The number of aliphatic hydroxyl groups excluding tert-OH is 1. The molecule has 1 N–H and O–H groups in total. The maximum Gasteiger partial charge on any atom is 0.133 e. The highest BCUT2D eigenvalue weighted by atomic mass is 19.1. The molecule has 2 aromatic rings. The molecule has 0 saturated heterocycles. The van der Waals surface area contributed by atoms with Crippen molar-refractivity contribution in [3.05, 3.63) is 58.7 Å². The second kappa shape index (κ2) is 5.59. The normalized spacial score (nSPS) is 12.3. The molecule has 0 saturated carbocycles. The lowest BCUT2D eigenvalue weighted by molar-refractivity contribution is 0.195. The quantitative estimate of drug-likeness (QED) is 0.900. The number of hydrogen-bond donors (Lipinski definition) is 1. The van der Waals surface area contributed by atoms with E-state index < -0.39 is 11.9 Å². The fraction of sp³-hybridized carbons (Fsp3) is 0.250. The van der Waals surface area contributed by atoms with E-state index in [1.54, 1.807) is 26.0 Å². The van der Waals surface area contributed by atoms with Gasteiger partial charge in [-0.05, 0) is 50.1 Å². The average molecular weight is 278 g/mol. The fourth-order valence-corrected chi connectivity index (χ4v) is 1.85. The molecule has 0 bridgehead atoms. The van der Waals surface area contributed by atoms with Crippen LogP contribution in [-0.2, 0) is 0 Å². The molecule has 4 heteroatoms. The number of halogens is 2. The number of ether oxygens (including phenoxy) is 1. The molecule has 1 atom stereocenters. The Kier molecular flexibility index (Phi) is 4.04. The SMILES string of the molecule is Cc1ccc(Oc2cc(C)c(F)cc2[C@@H](C)O)cc1F.